The number of rotatable bonds is 13. The molecule has 5 aliphatic carbocycles. The molecular formula is C54H86O23. The van der Waals surface area contributed by atoms with Crippen LogP contribution in [-0.4, -0.2) is 216 Å². The summed E-state index contributed by atoms with van der Waals surface area (Å²) in [6.45, 7) is 17.0. The summed E-state index contributed by atoms with van der Waals surface area (Å²) in [6, 6.07) is 0. The molecule has 27 atom stereocenters. The second-order valence-corrected chi connectivity index (χ2v) is 25.7. The number of esters is 2. The van der Waals surface area contributed by atoms with Crippen molar-refractivity contribution in [1.82, 2.24) is 0 Å². The van der Waals surface area contributed by atoms with Gasteiger partial charge in [0.25, 0.3) is 0 Å². The number of hydrogen-bond acceptors (Lipinski definition) is 22. The Morgan fingerprint density at radius 1 is 0.727 bits per heavy atom. The SMILES string of the molecule is CCC(C)C(=O)O[C@H]1[C@H](OC(C)=O)[C@@]2(CO)C(CC1(C)C)C1=CCC3[C@@]4(C)CC[C@H](O[C@@H]5O[C@H](C(=O)O)[C@@H](O)[C@H](O[C@@H]6OC[C@H](O)[C@H](O)[C@H]6O)[C@H]5O[C@H]5O[C@H](CO)[C@@H](O)[C@H](O)[C@H]5O)C(C)(C)C4CC[C@@]3(C)[C@]1(C)[C@@H](O)[C@H]2O. The van der Waals surface area contributed by atoms with Crippen LogP contribution in [0.4, 0.5) is 0 Å². The van der Waals surface area contributed by atoms with Crippen molar-refractivity contribution in [1.29, 1.82) is 0 Å². The summed E-state index contributed by atoms with van der Waals surface area (Å²) in [4.78, 5) is 39.3. The smallest absolute Gasteiger partial charge is 0.335 e. The fourth-order valence-corrected chi connectivity index (χ4v) is 16.1. The Labute approximate surface area is 448 Å². The Kier molecular flexibility index (Phi) is 17.0. The molecule has 0 spiro atoms. The number of aliphatic carboxylic acids is 1. The summed E-state index contributed by atoms with van der Waals surface area (Å²) < 4.78 is 48.6. The Hall–Kier alpha value is -2.53. The van der Waals surface area contributed by atoms with Crippen LogP contribution in [0.5, 0.6) is 0 Å². The van der Waals surface area contributed by atoms with E-state index in [0.29, 0.717) is 44.9 Å². The van der Waals surface area contributed by atoms with Crippen LogP contribution in [0, 0.1) is 56.2 Å². The molecule has 0 aromatic rings. The number of allylic oxidation sites excluding steroid dienone is 1. The van der Waals surface area contributed by atoms with Crippen molar-refractivity contribution in [2.75, 3.05) is 19.8 Å². The standard InChI is InChI=1S/C54H86O23/c1-11-22(2)45(69)77-42-43(71-23(3)57)54(21-56)25(18-49(42,4)5)24-12-13-29-51(8)16-15-30(50(6,7)28(51)14-17-52(29,9)53(24,10)40(65)41(54)66)73-48-39(76-47-35(63)33(61)32(60)27(19-55)72-47)37(36(64)38(75-48)44(67)68)74-46-34(62)31(59)26(58)20-70-46/h12,22,25-43,46-48,55-56,58-66H,11,13-21H2,1-10H3,(H,67,68)/t22?,25?,26-,27+,28?,29?,30-,31-,32+,33-,34+,35+,36-,37-,38-,39+,40-,41+,42-,43-,46-,47+,48+,51-,52+,53-,54-/m0/s1. The molecular weight excluding hydrogens is 1020 g/mol. The van der Waals surface area contributed by atoms with Crippen LogP contribution in [0.2, 0.25) is 0 Å². The van der Waals surface area contributed by atoms with Gasteiger partial charge in [-0.15, -0.1) is 0 Å². The van der Waals surface area contributed by atoms with E-state index in [1.807, 2.05) is 41.5 Å². The summed E-state index contributed by atoms with van der Waals surface area (Å²) in [5.41, 5.74) is -4.74. The number of aliphatic hydroxyl groups excluding tert-OH is 11. The lowest BCUT2D eigenvalue weighted by molar-refractivity contribution is -0.392. The molecule has 4 saturated carbocycles. The summed E-state index contributed by atoms with van der Waals surface area (Å²) in [7, 11) is 0. The Bertz CT molecular complexity index is 2190. The van der Waals surface area contributed by atoms with Gasteiger partial charge in [-0.3, -0.25) is 9.59 Å². The van der Waals surface area contributed by atoms with Crippen molar-refractivity contribution in [3.63, 3.8) is 0 Å². The average Bonchev–Trinajstić information content (AvgIpc) is 3.40. The van der Waals surface area contributed by atoms with Crippen molar-refractivity contribution in [2.45, 2.75) is 231 Å². The van der Waals surface area contributed by atoms with Gasteiger partial charge in [-0.1, -0.05) is 74.0 Å². The topological polar surface area (TPSA) is 368 Å². The first kappa shape index (κ1) is 60.6. The molecule has 3 heterocycles. The van der Waals surface area contributed by atoms with Crippen molar-refractivity contribution in [2.24, 2.45) is 56.2 Å². The molecule has 8 rings (SSSR count). The molecule has 0 radical (unpaired) electrons. The van der Waals surface area contributed by atoms with Gasteiger partial charge in [0.1, 0.15) is 67.1 Å². The summed E-state index contributed by atoms with van der Waals surface area (Å²) in [5, 5.41) is 134. The van der Waals surface area contributed by atoms with Crippen molar-refractivity contribution in [3.8, 4) is 0 Å². The second-order valence-electron chi connectivity index (χ2n) is 25.7. The van der Waals surface area contributed by atoms with E-state index in [4.69, 9.17) is 37.9 Å². The molecule has 77 heavy (non-hydrogen) atoms. The van der Waals surface area contributed by atoms with E-state index in [2.05, 4.69) is 19.9 Å². The van der Waals surface area contributed by atoms with E-state index in [1.165, 1.54) is 6.92 Å². The molecule has 4 unspecified atom stereocenters. The number of carboxylic acid groups (broad SMARTS) is 1. The van der Waals surface area contributed by atoms with Crippen molar-refractivity contribution < 1.29 is 114 Å². The van der Waals surface area contributed by atoms with Gasteiger partial charge in [0.15, 0.2) is 31.1 Å². The fraction of sp³-hybridized carbons (Fsp3) is 0.907. The summed E-state index contributed by atoms with van der Waals surface area (Å²) in [5.74, 6) is -4.25. The van der Waals surface area contributed by atoms with E-state index in [0.717, 1.165) is 5.57 Å². The first-order chi connectivity index (χ1) is 35.8. The third kappa shape index (κ3) is 9.53. The van der Waals surface area contributed by atoms with Crippen LogP contribution in [0.3, 0.4) is 0 Å². The lowest BCUT2D eigenvalue weighted by Crippen LogP contribution is -2.76. The van der Waals surface area contributed by atoms with Crippen LogP contribution in [0.25, 0.3) is 0 Å². The minimum atomic E-state index is -2.12. The fourth-order valence-electron chi connectivity index (χ4n) is 16.1. The van der Waals surface area contributed by atoms with Crippen LogP contribution in [0.15, 0.2) is 11.6 Å². The average molecular weight is 1100 g/mol. The lowest BCUT2D eigenvalue weighted by Gasteiger charge is -2.73. The van der Waals surface area contributed by atoms with Gasteiger partial charge in [0, 0.05) is 17.8 Å². The van der Waals surface area contributed by atoms with Gasteiger partial charge < -0.3 is 99.2 Å². The molecule has 23 heteroatoms. The van der Waals surface area contributed by atoms with Crippen LogP contribution in [0.1, 0.15) is 114 Å². The second kappa shape index (κ2) is 21.7. The van der Waals surface area contributed by atoms with Crippen LogP contribution >= 0.6 is 0 Å². The highest BCUT2D eigenvalue weighted by Gasteiger charge is 2.76. The van der Waals surface area contributed by atoms with Gasteiger partial charge in [-0.25, -0.2) is 4.79 Å². The zero-order chi connectivity index (χ0) is 57.0. The number of carbonyl (C=O) groups is 3. The first-order valence-corrected chi connectivity index (χ1v) is 27.4. The van der Waals surface area contributed by atoms with Crippen LogP contribution < -0.4 is 0 Å². The molecule has 3 saturated heterocycles. The third-order valence-corrected chi connectivity index (χ3v) is 20.9. The third-order valence-electron chi connectivity index (χ3n) is 20.9. The van der Waals surface area contributed by atoms with E-state index in [-0.39, 0.29) is 11.8 Å². The number of aliphatic hydroxyl groups is 11. The molecule has 0 aromatic carbocycles. The zero-order valence-electron chi connectivity index (χ0n) is 45.8. The largest absolute Gasteiger partial charge is 0.479 e. The number of ether oxygens (including phenoxy) is 8. The molecule has 0 amide bonds. The first-order valence-electron chi connectivity index (χ1n) is 27.4. The maximum Gasteiger partial charge on any atom is 0.335 e. The molecule has 0 bridgehead atoms. The van der Waals surface area contributed by atoms with Gasteiger partial charge in [-0.05, 0) is 78.9 Å². The highest BCUT2D eigenvalue weighted by molar-refractivity contribution is 5.73. The number of hydrogen-bond donors (Lipinski definition) is 12. The molecule has 3 aliphatic heterocycles. The minimum absolute atomic E-state index is 0.135. The van der Waals surface area contributed by atoms with Gasteiger partial charge in [0.05, 0.1) is 49.5 Å². The van der Waals surface area contributed by atoms with Gasteiger partial charge >= 0.3 is 17.9 Å². The minimum Gasteiger partial charge on any atom is -0.479 e. The van der Waals surface area contributed by atoms with E-state index in [1.54, 1.807) is 6.92 Å². The quantitative estimate of drug-likeness (QED) is 0.0622. The van der Waals surface area contributed by atoms with E-state index < -0.39 is 199 Å². The monoisotopic (exact) mass is 1100 g/mol. The van der Waals surface area contributed by atoms with E-state index in [9.17, 15) is 75.7 Å². The zero-order valence-corrected chi connectivity index (χ0v) is 45.8. The number of carbonyl (C=O) groups excluding carboxylic acids is 2. The summed E-state index contributed by atoms with van der Waals surface area (Å²) in [6.07, 6.45) is -26.6. The van der Waals surface area contributed by atoms with Gasteiger partial charge in [-0.2, -0.15) is 0 Å². The number of fused-ring (bicyclic) bond motifs is 7. The van der Waals surface area contributed by atoms with Crippen molar-refractivity contribution in [3.05, 3.63) is 11.6 Å². The predicted molar refractivity (Wildman–Crippen MR) is 263 cm³/mol. The maximum absolute atomic E-state index is 13.5. The molecule has 12 N–H and O–H groups in total. The van der Waals surface area contributed by atoms with Crippen molar-refractivity contribution >= 4 is 17.9 Å². The maximum atomic E-state index is 13.5. The molecule has 0 aromatic heterocycles. The molecule has 23 nitrogen and oxygen atoms in total. The normalized spacial score (nSPS) is 50.6. The Morgan fingerprint density at radius 3 is 1.99 bits per heavy atom. The Morgan fingerprint density at radius 2 is 1.38 bits per heavy atom. The highest BCUT2D eigenvalue weighted by atomic mass is 16.8. The molecule has 440 valence electrons. The van der Waals surface area contributed by atoms with Crippen LogP contribution in [-0.2, 0) is 52.3 Å². The van der Waals surface area contributed by atoms with Gasteiger partial charge in [0.2, 0.25) is 0 Å². The molecule has 8 aliphatic rings. The highest BCUT2D eigenvalue weighted by Crippen LogP contribution is 2.76. The predicted octanol–water partition coefficient (Wildman–Crippen LogP) is -0.604. The molecule has 7 fully saturated rings. The van der Waals surface area contributed by atoms with E-state index >= 15 is 0 Å². The lowest BCUT2D eigenvalue weighted by atomic mass is 9.32. The Balaban J connectivity index is 1.13. The summed E-state index contributed by atoms with van der Waals surface area (Å²) >= 11 is 0. The number of carboxylic acids is 1.